The van der Waals surface area contributed by atoms with Gasteiger partial charge in [0.25, 0.3) is 5.91 Å². The Labute approximate surface area is 240 Å². The Kier molecular flexibility index (Phi) is 6.03. The zero-order valence-electron chi connectivity index (χ0n) is 22.6. The Hall–Kier alpha value is -4.74. The predicted octanol–water partition coefficient (Wildman–Crippen LogP) is 2.49. The quantitative estimate of drug-likeness (QED) is 0.478. The number of imide groups is 1. The van der Waals surface area contributed by atoms with E-state index in [2.05, 4.69) is 5.10 Å². The van der Waals surface area contributed by atoms with E-state index in [1.165, 1.54) is 16.8 Å². The molecule has 1 spiro atoms. The van der Waals surface area contributed by atoms with Crippen molar-refractivity contribution in [3.63, 3.8) is 0 Å². The smallest absolute Gasteiger partial charge is 0.418 e. The molecule has 2 aliphatic heterocycles. The molecule has 1 unspecified atom stereocenters. The lowest BCUT2D eigenvalue weighted by molar-refractivity contribution is -0.143. The molecule has 2 N–H and O–H groups in total. The molecule has 3 heterocycles. The topological polar surface area (TPSA) is 137 Å². The van der Waals surface area contributed by atoms with Gasteiger partial charge in [-0.25, -0.2) is 14.1 Å². The molecule has 216 valence electrons. The maximum absolute atomic E-state index is 14.0. The fraction of sp³-hybridized carbons (Fsp3) is 0.367. The number of aryl methyl sites for hydroxylation is 1. The number of hydrogen-bond donors (Lipinski definition) is 1. The molecule has 2 atom stereocenters. The van der Waals surface area contributed by atoms with Crippen molar-refractivity contribution in [3.8, 4) is 16.9 Å². The number of fused-ring (bicyclic) bond motifs is 3. The van der Waals surface area contributed by atoms with Crippen LogP contribution in [0, 0.1) is 11.7 Å². The van der Waals surface area contributed by atoms with Gasteiger partial charge in [-0.2, -0.15) is 5.10 Å². The minimum Gasteiger partial charge on any atom is -0.491 e. The van der Waals surface area contributed by atoms with Gasteiger partial charge >= 0.3 is 6.09 Å². The molecule has 2 aliphatic carbocycles. The van der Waals surface area contributed by atoms with Crippen molar-refractivity contribution in [2.45, 2.75) is 50.4 Å². The van der Waals surface area contributed by atoms with Crippen LogP contribution in [0.5, 0.6) is 5.75 Å². The first-order valence-corrected chi connectivity index (χ1v) is 13.9. The number of nitrogens with two attached hydrogens (primary N) is 1. The van der Waals surface area contributed by atoms with Gasteiger partial charge in [0.2, 0.25) is 17.4 Å². The van der Waals surface area contributed by atoms with Gasteiger partial charge in [-0.05, 0) is 54.5 Å². The number of benzene rings is 2. The highest BCUT2D eigenvalue weighted by Crippen LogP contribution is 2.46. The van der Waals surface area contributed by atoms with Gasteiger partial charge in [-0.3, -0.25) is 19.1 Å². The summed E-state index contributed by atoms with van der Waals surface area (Å²) in [5, 5.41) is 4.16. The van der Waals surface area contributed by atoms with Gasteiger partial charge in [0, 0.05) is 35.9 Å². The Morgan fingerprint density at radius 3 is 2.69 bits per heavy atom. The van der Waals surface area contributed by atoms with Crippen molar-refractivity contribution in [2.75, 3.05) is 13.2 Å². The minimum absolute atomic E-state index is 0.0394. The fourth-order valence-corrected chi connectivity index (χ4v) is 6.34. The van der Waals surface area contributed by atoms with Gasteiger partial charge in [0.05, 0.1) is 12.2 Å². The van der Waals surface area contributed by atoms with E-state index in [0.717, 1.165) is 34.4 Å². The number of amides is 4. The summed E-state index contributed by atoms with van der Waals surface area (Å²) >= 11 is 0. The summed E-state index contributed by atoms with van der Waals surface area (Å²) in [5.41, 5.74) is 7.35. The van der Waals surface area contributed by atoms with Gasteiger partial charge in [-0.15, -0.1) is 0 Å². The van der Waals surface area contributed by atoms with E-state index in [1.807, 2.05) is 6.07 Å². The SMILES string of the molecule is NC(=O)Cn1cc(-c2ccc3c(c2)CCC32OC(=O)N(CC(=O)N3Cc4cc(F)ccc4OC[C@H]3C3CC3)C2=O)cn1. The highest BCUT2D eigenvalue weighted by atomic mass is 19.1. The van der Waals surface area contributed by atoms with Crippen molar-refractivity contribution in [1.82, 2.24) is 19.6 Å². The van der Waals surface area contributed by atoms with Gasteiger partial charge in [-0.1, -0.05) is 18.2 Å². The van der Waals surface area contributed by atoms with Crippen molar-refractivity contribution in [2.24, 2.45) is 11.7 Å². The summed E-state index contributed by atoms with van der Waals surface area (Å²) in [4.78, 5) is 54.3. The molecular formula is C30H28FN5O6. The van der Waals surface area contributed by atoms with Crippen molar-refractivity contribution < 1.29 is 33.0 Å². The van der Waals surface area contributed by atoms with Crippen LogP contribution in [0.4, 0.5) is 9.18 Å². The lowest BCUT2D eigenvalue weighted by Gasteiger charge is -2.30. The van der Waals surface area contributed by atoms with Gasteiger partial charge in [0.1, 0.15) is 31.3 Å². The maximum Gasteiger partial charge on any atom is 0.418 e. The molecule has 4 amide bonds. The van der Waals surface area contributed by atoms with Crippen LogP contribution >= 0.6 is 0 Å². The predicted molar refractivity (Wildman–Crippen MR) is 144 cm³/mol. The normalized spacial score (nSPS) is 22.9. The number of nitrogens with zero attached hydrogens (tertiary/aromatic N) is 4. The molecule has 0 bridgehead atoms. The first-order valence-electron chi connectivity index (χ1n) is 13.9. The van der Waals surface area contributed by atoms with Crippen LogP contribution in [0.3, 0.4) is 0 Å². The molecule has 7 rings (SSSR count). The number of ether oxygens (including phenoxy) is 2. The number of halogens is 1. The highest BCUT2D eigenvalue weighted by Gasteiger charge is 2.58. The monoisotopic (exact) mass is 573 g/mol. The molecule has 2 aromatic carbocycles. The zero-order chi connectivity index (χ0) is 29.2. The average molecular weight is 574 g/mol. The van der Waals surface area contributed by atoms with Crippen LogP contribution in [-0.2, 0) is 44.2 Å². The van der Waals surface area contributed by atoms with Crippen LogP contribution < -0.4 is 10.5 Å². The third-order valence-corrected chi connectivity index (χ3v) is 8.60. The van der Waals surface area contributed by atoms with E-state index in [1.54, 1.807) is 35.5 Å². The number of aromatic nitrogens is 2. The first kappa shape index (κ1) is 26.2. The second kappa shape index (κ2) is 9.68. The Morgan fingerprint density at radius 2 is 1.90 bits per heavy atom. The lowest BCUT2D eigenvalue weighted by atomic mass is 9.93. The third kappa shape index (κ3) is 4.38. The molecule has 42 heavy (non-hydrogen) atoms. The van der Waals surface area contributed by atoms with Crippen LogP contribution in [-0.4, -0.2) is 62.6 Å². The van der Waals surface area contributed by atoms with Crippen molar-refractivity contribution in [3.05, 3.63) is 71.3 Å². The summed E-state index contributed by atoms with van der Waals surface area (Å²) in [6.45, 7) is -0.131. The molecular weight excluding hydrogens is 545 g/mol. The highest BCUT2D eigenvalue weighted by molar-refractivity contribution is 6.06. The van der Waals surface area contributed by atoms with Gasteiger partial charge in [0.15, 0.2) is 0 Å². The summed E-state index contributed by atoms with van der Waals surface area (Å²) in [5.74, 6) is -1.15. The van der Waals surface area contributed by atoms with Crippen LogP contribution in [0.25, 0.3) is 11.1 Å². The van der Waals surface area contributed by atoms with Crippen LogP contribution in [0.2, 0.25) is 0 Å². The summed E-state index contributed by atoms with van der Waals surface area (Å²) in [6, 6.07) is 9.47. The second-order valence-corrected chi connectivity index (χ2v) is 11.3. The summed E-state index contributed by atoms with van der Waals surface area (Å²) in [6.07, 6.45) is 5.12. The standard InChI is InChI=1S/C30H28FN5O6/c31-22-4-6-25-20(10-22)13-35(24(16-41-25)17-1-2-17)27(38)15-36-28(39)30(42-29(36)40)8-7-19-9-18(3-5-23(19)30)21-11-33-34(12-21)14-26(32)37/h3-6,9-12,17,24H,1-2,7-8,13-16H2,(H2,32,37)/t24-,30?/m0/s1. The van der Waals surface area contributed by atoms with E-state index in [4.69, 9.17) is 15.2 Å². The number of hydrogen-bond acceptors (Lipinski definition) is 7. The van der Waals surface area contributed by atoms with Crippen LogP contribution in [0.15, 0.2) is 48.8 Å². The molecule has 3 aromatic rings. The largest absolute Gasteiger partial charge is 0.491 e. The molecule has 2 fully saturated rings. The average Bonchev–Trinajstić information content (AvgIpc) is 3.57. The van der Waals surface area contributed by atoms with E-state index >= 15 is 0 Å². The number of rotatable bonds is 6. The third-order valence-electron chi connectivity index (χ3n) is 8.60. The van der Waals surface area contributed by atoms with E-state index in [-0.39, 0.29) is 38.1 Å². The number of primary amides is 1. The minimum atomic E-state index is -1.49. The Balaban J connectivity index is 1.12. The van der Waals surface area contributed by atoms with Crippen molar-refractivity contribution >= 4 is 23.8 Å². The zero-order valence-corrected chi connectivity index (χ0v) is 22.6. The number of carbonyl (C=O) groups is 4. The molecule has 1 aromatic heterocycles. The molecule has 12 heteroatoms. The van der Waals surface area contributed by atoms with E-state index in [9.17, 15) is 23.6 Å². The van der Waals surface area contributed by atoms with Gasteiger partial charge < -0.3 is 20.1 Å². The lowest BCUT2D eigenvalue weighted by Crippen LogP contribution is -2.49. The molecule has 1 saturated carbocycles. The first-order chi connectivity index (χ1) is 20.2. The molecule has 0 radical (unpaired) electrons. The summed E-state index contributed by atoms with van der Waals surface area (Å²) < 4.78 is 27.1. The second-order valence-electron chi connectivity index (χ2n) is 11.3. The molecule has 4 aliphatic rings. The maximum atomic E-state index is 14.0. The van der Waals surface area contributed by atoms with E-state index in [0.29, 0.717) is 23.3 Å². The fourth-order valence-electron chi connectivity index (χ4n) is 6.34. The van der Waals surface area contributed by atoms with E-state index < -0.39 is 41.8 Å². The molecule has 11 nitrogen and oxygen atoms in total. The Morgan fingerprint density at radius 1 is 1.07 bits per heavy atom. The summed E-state index contributed by atoms with van der Waals surface area (Å²) in [7, 11) is 0. The van der Waals surface area contributed by atoms with Crippen molar-refractivity contribution in [1.29, 1.82) is 0 Å². The Bertz CT molecular complexity index is 1650. The number of carbonyl (C=O) groups excluding carboxylic acids is 4. The van der Waals surface area contributed by atoms with Crippen LogP contribution in [0.1, 0.15) is 36.0 Å². The molecule has 1 saturated heterocycles.